The second-order valence-electron chi connectivity index (χ2n) is 5.56. The number of aromatic nitrogens is 1. The van der Waals surface area contributed by atoms with Gasteiger partial charge in [-0.3, -0.25) is 0 Å². The molecule has 3 rings (SSSR count). The predicted octanol–water partition coefficient (Wildman–Crippen LogP) is 4.25. The van der Waals surface area contributed by atoms with Crippen LogP contribution in [0.3, 0.4) is 0 Å². The minimum atomic E-state index is -0.909. The third-order valence-corrected chi connectivity index (χ3v) is 3.96. The molecule has 0 aliphatic heterocycles. The lowest BCUT2D eigenvalue weighted by atomic mass is 10.1. The zero-order valence-corrected chi connectivity index (χ0v) is 13.2. The standard InChI is InChI=1S/C19H19NO3/c1-3-20-16(12-23-17-7-4-13(2)5-8-17)11-15-10-14(19(21)22)6-9-18(15)20/h4-11H,3,12H2,1-2H3,(H,21,22). The molecule has 2 aromatic carbocycles. The summed E-state index contributed by atoms with van der Waals surface area (Å²) in [6.45, 7) is 5.37. The number of aryl methyl sites for hydroxylation is 2. The third kappa shape index (κ3) is 3.06. The van der Waals surface area contributed by atoms with E-state index in [9.17, 15) is 4.79 Å². The Labute approximate surface area is 134 Å². The fourth-order valence-electron chi connectivity index (χ4n) is 2.75. The Morgan fingerprint density at radius 3 is 2.52 bits per heavy atom. The molecule has 0 unspecified atom stereocenters. The molecular formula is C19H19NO3. The Morgan fingerprint density at radius 1 is 1.13 bits per heavy atom. The summed E-state index contributed by atoms with van der Waals surface area (Å²) in [5, 5.41) is 10.0. The molecule has 118 valence electrons. The average molecular weight is 309 g/mol. The van der Waals surface area contributed by atoms with Crippen molar-refractivity contribution in [2.75, 3.05) is 0 Å². The van der Waals surface area contributed by atoms with Crippen molar-refractivity contribution in [3.8, 4) is 5.75 Å². The van der Waals surface area contributed by atoms with Crippen molar-refractivity contribution < 1.29 is 14.6 Å². The van der Waals surface area contributed by atoms with Gasteiger partial charge in [0, 0.05) is 17.4 Å². The van der Waals surface area contributed by atoms with Gasteiger partial charge in [0.05, 0.1) is 11.3 Å². The minimum absolute atomic E-state index is 0.303. The van der Waals surface area contributed by atoms with Gasteiger partial charge in [-0.2, -0.15) is 0 Å². The van der Waals surface area contributed by atoms with Crippen molar-refractivity contribution >= 4 is 16.9 Å². The number of carboxylic acids is 1. The highest BCUT2D eigenvalue weighted by Gasteiger charge is 2.11. The summed E-state index contributed by atoms with van der Waals surface area (Å²) >= 11 is 0. The number of nitrogens with zero attached hydrogens (tertiary/aromatic N) is 1. The lowest BCUT2D eigenvalue weighted by Crippen LogP contribution is -2.04. The Morgan fingerprint density at radius 2 is 1.87 bits per heavy atom. The van der Waals surface area contributed by atoms with Gasteiger partial charge < -0.3 is 14.4 Å². The number of hydrogen-bond donors (Lipinski definition) is 1. The summed E-state index contributed by atoms with van der Waals surface area (Å²) < 4.78 is 8.01. The molecule has 0 atom stereocenters. The molecular weight excluding hydrogens is 290 g/mol. The van der Waals surface area contributed by atoms with E-state index >= 15 is 0 Å². The van der Waals surface area contributed by atoms with E-state index in [0.29, 0.717) is 12.2 Å². The van der Waals surface area contributed by atoms with Crippen LogP contribution in [0.15, 0.2) is 48.5 Å². The maximum Gasteiger partial charge on any atom is 0.335 e. The van der Waals surface area contributed by atoms with E-state index in [2.05, 4.69) is 11.5 Å². The maximum absolute atomic E-state index is 11.1. The molecule has 3 aromatic rings. The second-order valence-corrected chi connectivity index (χ2v) is 5.56. The SMILES string of the molecule is CCn1c(COc2ccc(C)cc2)cc2cc(C(=O)O)ccc21. The average Bonchev–Trinajstić information content (AvgIpc) is 2.90. The molecule has 4 nitrogen and oxygen atoms in total. The second kappa shape index (κ2) is 6.16. The predicted molar refractivity (Wildman–Crippen MR) is 90.1 cm³/mol. The first-order valence-corrected chi connectivity index (χ1v) is 7.63. The maximum atomic E-state index is 11.1. The van der Waals surface area contributed by atoms with Crippen LogP contribution in [0.5, 0.6) is 5.75 Å². The van der Waals surface area contributed by atoms with E-state index in [4.69, 9.17) is 9.84 Å². The molecule has 0 bridgehead atoms. The molecule has 0 radical (unpaired) electrons. The van der Waals surface area contributed by atoms with Crippen molar-refractivity contribution in [2.24, 2.45) is 0 Å². The molecule has 0 aliphatic rings. The van der Waals surface area contributed by atoms with E-state index in [-0.39, 0.29) is 0 Å². The molecule has 4 heteroatoms. The highest BCUT2D eigenvalue weighted by atomic mass is 16.5. The van der Waals surface area contributed by atoms with Gasteiger partial charge in [0.2, 0.25) is 0 Å². The molecule has 0 saturated carbocycles. The number of carbonyl (C=O) groups is 1. The van der Waals surface area contributed by atoms with Gasteiger partial charge in [0.1, 0.15) is 12.4 Å². The molecule has 0 saturated heterocycles. The molecule has 1 heterocycles. The van der Waals surface area contributed by atoms with Gasteiger partial charge >= 0.3 is 5.97 Å². The molecule has 0 aliphatic carbocycles. The van der Waals surface area contributed by atoms with Crippen LogP contribution in [0.25, 0.3) is 10.9 Å². The number of carboxylic acid groups (broad SMARTS) is 1. The van der Waals surface area contributed by atoms with Crippen LogP contribution in [0.1, 0.15) is 28.5 Å². The van der Waals surface area contributed by atoms with Crippen LogP contribution in [-0.4, -0.2) is 15.6 Å². The number of ether oxygens (including phenoxy) is 1. The van der Waals surface area contributed by atoms with Crippen LogP contribution < -0.4 is 4.74 Å². The largest absolute Gasteiger partial charge is 0.487 e. The van der Waals surface area contributed by atoms with Gasteiger partial charge in [-0.25, -0.2) is 4.79 Å². The smallest absolute Gasteiger partial charge is 0.335 e. The molecule has 0 fully saturated rings. The van der Waals surface area contributed by atoms with Crippen LogP contribution in [0, 0.1) is 6.92 Å². The van der Waals surface area contributed by atoms with Crippen molar-refractivity contribution in [3.05, 3.63) is 65.4 Å². The number of fused-ring (bicyclic) bond motifs is 1. The van der Waals surface area contributed by atoms with E-state index < -0.39 is 5.97 Å². The van der Waals surface area contributed by atoms with Gasteiger partial charge in [-0.1, -0.05) is 17.7 Å². The van der Waals surface area contributed by atoms with Crippen LogP contribution in [0.2, 0.25) is 0 Å². The Kier molecular flexibility index (Phi) is 4.06. The van der Waals surface area contributed by atoms with Crippen molar-refractivity contribution in [3.63, 3.8) is 0 Å². The summed E-state index contributed by atoms with van der Waals surface area (Å²) in [6, 6.07) is 15.2. The summed E-state index contributed by atoms with van der Waals surface area (Å²) in [5.74, 6) is -0.0802. The number of aromatic carboxylic acids is 1. The molecule has 0 amide bonds. The minimum Gasteiger partial charge on any atom is -0.487 e. The summed E-state index contributed by atoms with van der Waals surface area (Å²) in [5.41, 5.74) is 3.56. The molecule has 1 N–H and O–H groups in total. The number of hydrogen-bond acceptors (Lipinski definition) is 2. The van der Waals surface area contributed by atoms with E-state index in [0.717, 1.165) is 28.9 Å². The first kappa shape index (κ1) is 15.2. The third-order valence-electron chi connectivity index (χ3n) is 3.96. The van der Waals surface area contributed by atoms with Crippen molar-refractivity contribution in [1.82, 2.24) is 4.57 Å². The summed E-state index contributed by atoms with van der Waals surface area (Å²) in [4.78, 5) is 11.1. The van der Waals surface area contributed by atoms with E-state index in [1.165, 1.54) is 5.56 Å². The zero-order chi connectivity index (χ0) is 16.4. The monoisotopic (exact) mass is 309 g/mol. The number of benzene rings is 2. The molecule has 0 spiro atoms. The normalized spacial score (nSPS) is 10.9. The Bertz CT molecular complexity index is 847. The Balaban J connectivity index is 1.90. The van der Waals surface area contributed by atoms with E-state index in [1.54, 1.807) is 12.1 Å². The summed E-state index contributed by atoms with van der Waals surface area (Å²) in [6.07, 6.45) is 0. The van der Waals surface area contributed by atoms with Gasteiger partial charge in [-0.05, 0) is 50.2 Å². The zero-order valence-electron chi connectivity index (χ0n) is 13.2. The fraction of sp³-hybridized carbons (Fsp3) is 0.211. The molecule has 23 heavy (non-hydrogen) atoms. The van der Waals surface area contributed by atoms with Gasteiger partial charge in [0.25, 0.3) is 0 Å². The Hall–Kier alpha value is -2.75. The van der Waals surface area contributed by atoms with Crippen molar-refractivity contribution in [2.45, 2.75) is 27.0 Å². The topological polar surface area (TPSA) is 51.5 Å². The first-order chi connectivity index (χ1) is 11.1. The fourth-order valence-corrected chi connectivity index (χ4v) is 2.75. The number of rotatable bonds is 5. The van der Waals surface area contributed by atoms with Crippen molar-refractivity contribution in [1.29, 1.82) is 0 Å². The first-order valence-electron chi connectivity index (χ1n) is 7.63. The molecule has 1 aromatic heterocycles. The van der Waals surface area contributed by atoms with Crippen LogP contribution in [-0.2, 0) is 13.2 Å². The highest BCUT2D eigenvalue weighted by Crippen LogP contribution is 2.23. The lowest BCUT2D eigenvalue weighted by molar-refractivity contribution is 0.0697. The summed E-state index contributed by atoms with van der Waals surface area (Å²) in [7, 11) is 0. The van der Waals surface area contributed by atoms with Gasteiger partial charge in [0.15, 0.2) is 0 Å². The van der Waals surface area contributed by atoms with Crippen LogP contribution in [0.4, 0.5) is 0 Å². The quantitative estimate of drug-likeness (QED) is 0.766. The lowest BCUT2D eigenvalue weighted by Gasteiger charge is -2.10. The van der Waals surface area contributed by atoms with Crippen LogP contribution >= 0.6 is 0 Å². The highest BCUT2D eigenvalue weighted by molar-refractivity contribution is 5.94. The van der Waals surface area contributed by atoms with E-state index in [1.807, 2.05) is 43.3 Å². The van der Waals surface area contributed by atoms with Gasteiger partial charge in [-0.15, -0.1) is 0 Å².